The highest BCUT2D eigenvalue weighted by atomic mass is 35.5. The van der Waals surface area contributed by atoms with Crippen LogP contribution in [0.15, 0.2) is 6.07 Å². The van der Waals surface area contributed by atoms with Crippen molar-refractivity contribution >= 4 is 22.6 Å². The fourth-order valence-electron chi connectivity index (χ4n) is 2.01. The van der Waals surface area contributed by atoms with Gasteiger partial charge in [-0.15, -0.1) is 5.10 Å². The van der Waals surface area contributed by atoms with Crippen LogP contribution in [0.25, 0.3) is 11.0 Å². The molecule has 0 bridgehead atoms. The third-order valence-corrected chi connectivity index (χ3v) is 3.17. The molecule has 0 amide bonds. The second-order valence-electron chi connectivity index (χ2n) is 4.35. The lowest BCUT2D eigenvalue weighted by Crippen LogP contribution is -2.18. The molecule has 2 heterocycles. The average Bonchev–Trinajstić information content (AvgIpc) is 2.78. The fraction of sp³-hybridized carbons (Fsp3) is 0.583. The summed E-state index contributed by atoms with van der Waals surface area (Å²) in [5, 5.41) is 8.65. The van der Waals surface area contributed by atoms with Gasteiger partial charge >= 0.3 is 0 Å². The Morgan fingerprint density at radius 1 is 1.37 bits per heavy atom. The summed E-state index contributed by atoms with van der Waals surface area (Å²) in [5.41, 5.74) is 2.32. The van der Waals surface area contributed by atoms with Gasteiger partial charge in [-0.2, -0.15) is 0 Å². The van der Waals surface area contributed by atoms with Gasteiger partial charge in [-0.05, 0) is 19.4 Å². The number of methoxy groups -OCH3 is 2. The third kappa shape index (κ3) is 3.02. The van der Waals surface area contributed by atoms with Gasteiger partial charge in [0.15, 0.2) is 5.15 Å². The van der Waals surface area contributed by atoms with Crippen LogP contribution in [0, 0.1) is 6.92 Å². The molecular formula is C12H17ClN4O2. The molecule has 6 nitrogen and oxygen atoms in total. The van der Waals surface area contributed by atoms with Crippen LogP contribution in [0.2, 0.25) is 5.15 Å². The van der Waals surface area contributed by atoms with E-state index in [1.165, 1.54) is 0 Å². The van der Waals surface area contributed by atoms with Crippen LogP contribution in [0.1, 0.15) is 18.2 Å². The predicted molar refractivity (Wildman–Crippen MR) is 72.5 cm³/mol. The highest BCUT2D eigenvalue weighted by molar-refractivity contribution is 6.33. The van der Waals surface area contributed by atoms with Gasteiger partial charge in [-0.1, -0.05) is 16.8 Å². The Balaban J connectivity index is 2.41. The van der Waals surface area contributed by atoms with E-state index in [9.17, 15) is 0 Å². The zero-order valence-electron chi connectivity index (χ0n) is 11.3. The van der Waals surface area contributed by atoms with Crippen molar-refractivity contribution in [1.29, 1.82) is 0 Å². The number of pyridine rings is 1. The number of hydrogen-bond acceptors (Lipinski definition) is 5. The highest BCUT2D eigenvalue weighted by Crippen LogP contribution is 2.23. The van der Waals surface area contributed by atoms with E-state index in [-0.39, 0.29) is 6.04 Å². The lowest BCUT2D eigenvalue weighted by molar-refractivity contribution is 0.117. The molecule has 19 heavy (non-hydrogen) atoms. The molecule has 0 aliphatic rings. The molecule has 2 aromatic heterocycles. The van der Waals surface area contributed by atoms with Gasteiger partial charge in [-0.25, -0.2) is 9.67 Å². The molecule has 0 aliphatic carbocycles. The normalized spacial score (nSPS) is 13.1. The highest BCUT2D eigenvalue weighted by Gasteiger charge is 2.18. The molecule has 0 N–H and O–H groups in total. The van der Waals surface area contributed by atoms with E-state index >= 15 is 0 Å². The number of aryl methyl sites for hydroxylation is 1. The fourth-order valence-corrected chi connectivity index (χ4v) is 2.28. The molecule has 0 saturated carbocycles. The molecule has 0 spiro atoms. The second-order valence-corrected chi connectivity index (χ2v) is 4.70. The molecular weight excluding hydrogens is 268 g/mol. The van der Waals surface area contributed by atoms with E-state index in [2.05, 4.69) is 15.3 Å². The minimum atomic E-state index is 0.0628. The van der Waals surface area contributed by atoms with E-state index in [0.29, 0.717) is 23.9 Å². The molecule has 104 valence electrons. The van der Waals surface area contributed by atoms with Crippen LogP contribution in [0.4, 0.5) is 0 Å². The predicted octanol–water partition coefficient (Wildman–Crippen LogP) is 2.01. The first-order valence-corrected chi connectivity index (χ1v) is 6.41. The summed E-state index contributed by atoms with van der Waals surface area (Å²) in [6.07, 6.45) is 0.793. The van der Waals surface area contributed by atoms with E-state index in [1.54, 1.807) is 14.2 Å². The van der Waals surface area contributed by atoms with Gasteiger partial charge in [-0.3, -0.25) is 0 Å². The van der Waals surface area contributed by atoms with Gasteiger partial charge in [0.25, 0.3) is 0 Å². The van der Waals surface area contributed by atoms with Crippen molar-refractivity contribution in [3.63, 3.8) is 0 Å². The first-order chi connectivity index (χ1) is 9.17. The number of hydrogen-bond donors (Lipinski definition) is 0. The lowest BCUT2D eigenvalue weighted by atomic mass is 10.2. The van der Waals surface area contributed by atoms with E-state index in [1.807, 2.05) is 17.7 Å². The molecule has 0 aromatic carbocycles. The molecule has 0 fully saturated rings. The standard InChI is InChI=1S/C12H17ClN4O2/c1-8-6-10-11(12(13)14-8)15-16-17(10)9(7-19-3)4-5-18-2/h6,9H,4-5,7H2,1-3H3. The summed E-state index contributed by atoms with van der Waals surface area (Å²) < 4.78 is 12.2. The number of ether oxygens (including phenoxy) is 2. The molecule has 2 rings (SSSR count). The van der Waals surface area contributed by atoms with E-state index in [0.717, 1.165) is 17.6 Å². The molecule has 0 aliphatic heterocycles. The smallest absolute Gasteiger partial charge is 0.159 e. The Bertz CT molecular complexity index is 558. The summed E-state index contributed by atoms with van der Waals surface area (Å²) in [5.74, 6) is 0. The molecule has 0 radical (unpaired) electrons. The Hall–Kier alpha value is -1.24. The van der Waals surface area contributed by atoms with Crippen molar-refractivity contribution in [2.75, 3.05) is 27.4 Å². The van der Waals surface area contributed by atoms with Crippen LogP contribution >= 0.6 is 11.6 Å². The summed E-state index contributed by atoms with van der Waals surface area (Å²) in [6.45, 7) is 3.07. The first kappa shape index (κ1) is 14.2. The van der Waals surface area contributed by atoms with Crippen molar-refractivity contribution < 1.29 is 9.47 Å². The zero-order chi connectivity index (χ0) is 13.8. The largest absolute Gasteiger partial charge is 0.385 e. The summed E-state index contributed by atoms with van der Waals surface area (Å²) in [7, 11) is 3.34. The maximum absolute atomic E-state index is 6.08. The SMILES string of the molecule is COCCC(COC)n1nnc2c(Cl)nc(C)cc21. The van der Waals surface area contributed by atoms with Gasteiger partial charge in [0.2, 0.25) is 0 Å². The van der Waals surface area contributed by atoms with Crippen molar-refractivity contribution in [3.8, 4) is 0 Å². The minimum absolute atomic E-state index is 0.0628. The van der Waals surface area contributed by atoms with Crippen molar-refractivity contribution in [2.24, 2.45) is 0 Å². The molecule has 1 atom stereocenters. The quantitative estimate of drug-likeness (QED) is 0.760. The number of nitrogens with zero attached hydrogens (tertiary/aromatic N) is 4. The average molecular weight is 285 g/mol. The van der Waals surface area contributed by atoms with Gasteiger partial charge in [0.1, 0.15) is 5.52 Å². The van der Waals surface area contributed by atoms with Crippen molar-refractivity contribution in [2.45, 2.75) is 19.4 Å². The van der Waals surface area contributed by atoms with E-state index < -0.39 is 0 Å². The van der Waals surface area contributed by atoms with Gasteiger partial charge in [0, 0.05) is 26.5 Å². The van der Waals surface area contributed by atoms with Crippen LogP contribution in [0.5, 0.6) is 0 Å². The Kier molecular flexibility index (Phi) is 4.68. The monoisotopic (exact) mass is 284 g/mol. The summed E-state index contributed by atoms with van der Waals surface area (Å²) in [4.78, 5) is 4.18. The maximum Gasteiger partial charge on any atom is 0.159 e. The topological polar surface area (TPSA) is 62.1 Å². The number of fused-ring (bicyclic) bond motifs is 1. The Morgan fingerprint density at radius 3 is 2.84 bits per heavy atom. The molecule has 0 saturated heterocycles. The van der Waals surface area contributed by atoms with Gasteiger partial charge in [0.05, 0.1) is 18.2 Å². The zero-order valence-corrected chi connectivity index (χ0v) is 12.0. The van der Waals surface area contributed by atoms with Crippen LogP contribution in [-0.4, -0.2) is 47.4 Å². The second kappa shape index (κ2) is 6.27. The third-order valence-electron chi connectivity index (χ3n) is 2.91. The minimum Gasteiger partial charge on any atom is -0.385 e. The van der Waals surface area contributed by atoms with Crippen LogP contribution in [-0.2, 0) is 9.47 Å². The Labute approximate surface area is 116 Å². The van der Waals surface area contributed by atoms with Crippen LogP contribution in [0.3, 0.4) is 0 Å². The molecule has 2 aromatic rings. The summed E-state index contributed by atoms with van der Waals surface area (Å²) >= 11 is 6.08. The van der Waals surface area contributed by atoms with E-state index in [4.69, 9.17) is 21.1 Å². The van der Waals surface area contributed by atoms with Crippen molar-refractivity contribution in [3.05, 3.63) is 16.9 Å². The first-order valence-electron chi connectivity index (χ1n) is 6.03. The van der Waals surface area contributed by atoms with Gasteiger partial charge < -0.3 is 9.47 Å². The molecule has 7 heteroatoms. The van der Waals surface area contributed by atoms with Crippen LogP contribution < -0.4 is 0 Å². The lowest BCUT2D eigenvalue weighted by Gasteiger charge is -2.16. The Morgan fingerprint density at radius 2 is 2.16 bits per heavy atom. The number of halogens is 1. The number of rotatable bonds is 6. The summed E-state index contributed by atoms with van der Waals surface area (Å²) in [6, 6.07) is 1.99. The maximum atomic E-state index is 6.08. The van der Waals surface area contributed by atoms with Crippen molar-refractivity contribution in [1.82, 2.24) is 20.0 Å². The molecule has 1 unspecified atom stereocenters. The number of aromatic nitrogens is 4.